The number of nitrogens with one attached hydrogen (secondary N) is 1. The summed E-state index contributed by atoms with van der Waals surface area (Å²) in [5, 5.41) is 4.33. The lowest BCUT2D eigenvalue weighted by molar-refractivity contribution is 0.201. The van der Waals surface area contributed by atoms with Gasteiger partial charge in [0, 0.05) is 6.04 Å². The van der Waals surface area contributed by atoms with Crippen LogP contribution < -0.4 is 5.09 Å². The van der Waals surface area contributed by atoms with Crippen LogP contribution in [0.5, 0.6) is 0 Å². The SMILES string of the molecule is CC(C)C1N=P2(NC(C(C)C)C(c3ccccc3)(c3ccccc3)N2C)N(C)C1(c1ccccc1)c1ccccc1. The third-order valence-electron chi connectivity index (χ3n) is 9.49. The topological polar surface area (TPSA) is 30.9 Å². The zero-order valence-corrected chi connectivity index (χ0v) is 26.0. The van der Waals surface area contributed by atoms with E-state index in [4.69, 9.17) is 4.74 Å². The van der Waals surface area contributed by atoms with E-state index in [0.717, 1.165) is 0 Å². The molecular weight excluding hydrogens is 519 g/mol. The highest BCUT2D eigenvalue weighted by atomic mass is 31.2. The molecule has 41 heavy (non-hydrogen) atoms. The molecule has 0 radical (unpaired) electrons. The molecule has 6 rings (SSSR count). The first-order chi connectivity index (χ1) is 19.8. The van der Waals surface area contributed by atoms with Gasteiger partial charge in [-0.05, 0) is 48.2 Å². The van der Waals surface area contributed by atoms with Gasteiger partial charge in [0.1, 0.15) is 5.54 Å². The van der Waals surface area contributed by atoms with Crippen LogP contribution in [-0.4, -0.2) is 35.5 Å². The smallest absolute Gasteiger partial charge is 0.167 e. The lowest BCUT2D eigenvalue weighted by Gasteiger charge is -2.47. The highest BCUT2D eigenvalue weighted by Gasteiger charge is 2.66. The molecule has 4 aromatic carbocycles. The number of nitrogens with zero attached hydrogens (tertiary/aromatic N) is 3. The Labute approximate surface area is 246 Å². The van der Waals surface area contributed by atoms with Crippen LogP contribution in [-0.2, 0) is 11.1 Å². The van der Waals surface area contributed by atoms with Crippen molar-refractivity contribution < 1.29 is 0 Å². The number of rotatable bonds is 6. The normalized spacial score (nSPS) is 25.7. The van der Waals surface area contributed by atoms with Crippen molar-refractivity contribution in [3.05, 3.63) is 144 Å². The Morgan fingerprint density at radius 2 is 0.902 bits per heavy atom. The standard InChI is InChI=1S/C36H43N4P/c1-27(2)33-35(29-19-11-7-12-20-29,30-21-13-8-14-22-30)39(5)41(37-33)38-34(28(3)4)36(40(41)6,31-23-15-9-16-24-31)32-25-17-10-18-26-32/h7-28,33-34,37H,1-6H3. The fraction of sp³-hybridized carbons (Fsp3) is 0.333. The second-order valence-electron chi connectivity index (χ2n) is 12.3. The van der Waals surface area contributed by atoms with Crippen LogP contribution >= 0.6 is 7.51 Å². The molecule has 4 nitrogen and oxygen atoms in total. The second kappa shape index (κ2) is 10.7. The predicted molar refractivity (Wildman–Crippen MR) is 173 cm³/mol. The van der Waals surface area contributed by atoms with Crippen molar-refractivity contribution in [3.8, 4) is 0 Å². The van der Waals surface area contributed by atoms with E-state index in [1.165, 1.54) is 22.3 Å². The molecule has 2 heterocycles. The Bertz CT molecular complexity index is 1440. The zero-order chi connectivity index (χ0) is 28.8. The van der Waals surface area contributed by atoms with E-state index in [-0.39, 0.29) is 12.1 Å². The van der Waals surface area contributed by atoms with E-state index >= 15 is 0 Å². The Morgan fingerprint density at radius 1 is 0.561 bits per heavy atom. The number of hydrogen-bond acceptors (Lipinski definition) is 4. The van der Waals surface area contributed by atoms with Crippen LogP contribution in [0.4, 0.5) is 0 Å². The maximum atomic E-state index is 6.02. The molecule has 0 aliphatic carbocycles. The van der Waals surface area contributed by atoms with Crippen LogP contribution in [0.1, 0.15) is 49.9 Å². The first-order valence-corrected chi connectivity index (χ1v) is 16.6. The molecular formula is C36H43N4P. The van der Waals surface area contributed by atoms with Crippen molar-refractivity contribution in [2.24, 2.45) is 16.6 Å². The molecule has 4 aromatic rings. The molecule has 0 bridgehead atoms. The van der Waals surface area contributed by atoms with Gasteiger partial charge in [0.05, 0.1) is 11.6 Å². The molecule has 2 aliphatic heterocycles. The first-order valence-electron chi connectivity index (χ1n) is 14.9. The van der Waals surface area contributed by atoms with Gasteiger partial charge in [0.15, 0.2) is 7.51 Å². The van der Waals surface area contributed by atoms with Gasteiger partial charge in [-0.15, -0.1) is 0 Å². The van der Waals surface area contributed by atoms with Gasteiger partial charge >= 0.3 is 0 Å². The fourth-order valence-corrected chi connectivity index (χ4v) is 12.1. The Hall–Kier alpha value is -3.01. The van der Waals surface area contributed by atoms with E-state index in [1.54, 1.807) is 0 Å². The van der Waals surface area contributed by atoms with Crippen molar-refractivity contribution in [1.29, 1.82) is 0 Å². The van der Waals surface area contributed by atoms with Crippen molar-refractivity contribution in [3.63, 3.8) is 0 Å². The molecule has 212 valence electrons. The Morgan fingerprint density at radius 3 is 1.24 bits per heavy atom. The molecule has 3 atom stereocenters. The quantitative estimate of drug-likeness (QED) is 0.240. The van der Waals surface area contributed by atoms with Crippen LogP contribution in [0.3, 0.4) is 0 Å². The van der Waals surface area contributed by atoms with E-state index in [9.17, 15) is 0 Å². The molecule has 3 unspecified atom stereocenters. The third-order valence-corrected chi connectivity index (χ3v) is 13.0. The predicted octanol–water partition coefficient (Wildman–Crippen LogP) is 8.35. The lowest BCUT2D eigenvalue weighted by atomic mass is 9.73. The third kappa shape index (κ3) is 3.96. The van der Waals surface area contributed by atoms with Gasteiger partial charge in [0.25, 0.3) is 0 Å². The summed E-state index contributed by atoms with van der Waals surface area (Å²) in [5.41, 5.74) is 4.38. The van der Waals surface area contributed by atoms with E-state index < -0.39 is 18.6 Å². The van der Waals surface area contributed by atoms with Crippen LogP contribution in [0.2, 0.25) is 0 Å². The van der Waals surface area contributed by atoms with Gasteiger partial charge < -0.3 is 0 Å². The minimum atomic E-state index is -2.46. The zero-order valence-electron chi connectivity index (χ0n) is 25.1. The van der Waals surface area contributed by atoms with Crippen LogP contribution in [0.25, 0.3) is 0 Å². The summed E-state index contributed by atoms with van der Waals surface area (Å²) in [7, 11) is 2.19. The molecule has 0 amide bonds. The number of likely N-dealkylation sites (N-methyl/N-ethyl adjacent to an activating group) is 2. The Kier molecular flexibility index (Phi) is 7.32. The fourth-order valence-electron chi connectivity index (χ4n) is 7.73. The Balaban J connectivity index is 1.68. The molecule has 0 saturated carbocycles. The average Bonchev–Trinajstić information content (AvgIpc) is 3.44. The van der Waals surface area contributed by atoms with E-state index in [2.05, 4.69) is 178 Å². The molecule has 1 fully saturated rings. The summed E-state index contributed by atoms with van der Waals surface area (Å²) in [6.45, 7) is 9.38. The minimum absolute atomic E-state index is 0.0516. The number of benzene rings is 4. The van der Waals surface area contributed by atoms with Gasteiger partial charge in [-0.25, -0.2) is 9.34 Å². The monoisotopic (exact) mass is 562 g/mol. The molecule has 1 spiro atoms. The summed E-state index contributed by atoms with van der Waals surface area (Å²) in [5.74, 6) is 0.690. The maximum Gasteiger partial charge on any atom is 0.167 e. The highest BCUT2D eigenvalue weighted by molar-refractivity contribution is 7.60. The van der Waals surface area contributed by atoms with E-state index in [0.29, 0.717) is 11.8 Å². The average molecular weight is 563 g/mol. The summed E-state index contributed by atoms with van der Waals surface area (Å²) in [6.07, 6.45) is 0. The highest BCUT2D eigenvalue weighted by Crippen LogP contribution is 2.73. The molecule has 0 aromatic heterocycles. The second-order valence-corrected chi connectivity index (χ2v) is 15.1. The van der Waals surface area contributed by atoms with Crippen molar-refractivity contribution in [2.75, 3.05) is 14.1 Å². The van der Waals surface area contributed by atoms with Gasteiger partial charge in [-0.3, -0.25) is 9.83 Å². The van der Waals surface area contributed by atoms with E-state index in [1.807, 2.05) is 0 Å². The van der Waals surface area contributed by atoms with Crippen molar-refractivity contribution in [1.82, 2.24) is 14.4 Å². The van der Waals surface area contributed by atoms with Gasteiger partial charge in [-0.1, -0.05) is 149 Å². The van der Waals surface area contributed by atoms with Gasteiger partial charge in [-0.2, -0.15) is 0 Å². The largest absolute Gasteiger partial charge is 0.254 e. The summed E-state index contributed by atoms with van der Waals surface area (Å²) < 4.78 is 11.3. The molecule has 1 saturated heterocycles. The van der Waals surface area contributed by atoms with Crippen LogP contribution in [0.15, 0.2) is 126 Å². The van der Waals surface area contributed by atoms with Gasteiger partial charge in [0.2, 0.25) is 0 Å². The van der Waals surface area contributed by atoms with Crippen molar-refractivity contribution >= 4 is 7.51 Å². The molecule has 1 N–H and O–H groups in total. The maximum absolute atomic E-state index is 6.02. The van der Waals surface area contributed by atoms with Crippen molar-refractivity contribution in [2.45, 2.75) is 50.9 Å². The molecule has 2 aliphatic rings. The summed E-state index contributed by atoms with van der Waals surface area (Å²) in [4.78, 5) is 0. The van der Waals surface area contributed by atoms with Crippen LogP contribution in [0, 0.1) is 11.8 Å². The summed E-state index contributed by atoms with van der Waals surface area (Å²) >= 11 is 0. The number of hydrogen-bond donors (Lipinski definition) is 1. The minimum Gasteiger partial charge on any atom is -0.254 e. The lowest BCUT2D eigenvalue weighted by Crippen LogP contribution is -2.51. The first kappa shape index (κ1) is 28.1. The molecule has 5 heteroatoms. The summed E-state index contributed by atoms with van der Waals surface area (Å²) in [6, 6.07) is 44.5.